The van der Waals surface area contributed by atoms with Crippen LogP contribution >= 0.6 is 0 Å². The van der Waals surface area contributed by atoms with Crippen LogP contribution in [0.3, 0.4) is 0 Å². The second-order valence-corrected chi connectivity index (χ2v) is 9.72. The average Bonchev–Trinajstić information content (AvgIpc) is 3.15. The van der Waals surface area contributed by atoms with Crippen molar-refractivity contribution >= 4 is 17.0 Å². The Morgan fingerprint density at radius 3 is 2.37 bits per heavy atom. The predicted molar refractivity (Wildman–Crippen MR) is 131 cm³/mol. The van der Waals surface area contributed by atoms with Crippen LogP contribution in [-0.2, 0) is 16.1 Å². The number of rotatable bonds is 6. The van der Waals surface area contributed by atoms with E-state index in [2.05, 4.69) is 0 Å². The average molecular weight is 479 g/mol. The van der Waals surface area contributed by atoms with Crippen LogP contribution in [0.5, 0.6) is 0 Å². The summed E-state index contributed by atoms with van der Waals surface area (Å²) in [5, 5.41) is 10.8. The molecule has 182 valence electrons. The maximum Gasteiger partial charge on any atom is 0.337 e. The standard InChI is InChI=1S/C28H28F2N2O3/c1-16-6-8-18(9-7-16)24-21-12-13-32(15-19-10-11-20(29)14-22(19)30)26(21)31-17(2)23(24)25(27(33)34)35-28(3,4)5/h6-14,25H,15H2,1-5H3,(H,33,34)/t25-/m0/s1. The number of halogens is 2. The lowest BCUT2D eigenvalue weighted by Gasteiger charge is -2.28. The highest BCUT2D eigenvalue weighted by atomic mass is 19.1. The van der Waals surface area contributed by atoms with Crippen molar-refractivity contribution in [1.82, 2.24) is 9.55 Å². The van der Waals surface area contributed by atoms with E-state index in [4.69, 9.17) is 9.72 Å². The number of benzene rings is 2. The van der Waals surface area contributed by atoms with Crippen LogP contribution in [0.4, 0.5) is 8.78 Å². The Bertz CT molecular complexity index is 1400. The van der Waals surface area contributed by atoms with Gasteiger partial charge in [-0.2, -0.15) is 0 Å². The molecule has 1 N–H and O–H groups in total. The van der Waals surface area contributed by atoms with E-state index in [9.17, 15) is 18.7 Å². The highest BCUT2D eigenvalue weighted by Gasteiger charge is 2.32. The third kappa shape index (κ3) is 5.10. The number of nitrogens with zero attached hydrogens (tertiary/aromatic N) is 2. The fourth-order valence-electron chi connectivity index (χ4n) is 4.23. The molecule has 2 aromatic carbocycles. The third-order valence-electron chi connectivity index (χ3n) is 5.79. The van der Waals surface area contributed by atoms with Gasteiger partial charge in [-0.25, -0.2) is 18.6 Å². The van der Waals surface area contributed by atoms with E-state index >= 15 is 0 Å². The number of ether oxygens (including phenoxy) is 1. The molecule has 5 nitrogen and oxygen atoms in total. The number of carboxylic acid groups (broad SMARTS) is 1. The molecule has 0 aliphatic heterocycles. The lowest BCUT2D eigenvalue weighted by Crippen LogP contribution is -2.28. The van der Waals surface area contributed by atoms with Crippen molar-refractivity contribution in [3.63, 3.8) is 0 Å². The Kier molecular flexibility index (Phi) is 6.47. The molecule has 1 atom stereocenters. The van der Waals surface area contributed by atoms with Crippen molar-refractivity contribution in [1.29, 1.82) is 0 Å². The van der Waals surface area contributed by atoms with E-state index in [1.54, 1.807) is 17.7 Å². The summed E-state index contributed by atoms with van der Waals surface area (Å²) in [6.07, 6.45) is 0.544. The van der Waals surface area contributed by atoms with Gasteiger partial charge in [0.05, 0.1) is 12.1 Å². The van der Waals surface area contributed by atoms with Crippen LogP contribution < -0.4 is 0 Å². The number of aliphatic carboxylic acids is 1. The number of hydrogen-bond acceptors (Lipinski definition) is 3. The molecule has 0 bridgehead atoms. The fourth-order valence-corrected chi connectivity index (χ4v) is 4.23. The molecule has 7 heteroatoms. The zero-order chi connectivity index (χ0) is 25.5. The van der Waals surface area contributed by atoms with Gasteiger partial charge in [0.2, 0.25) is 0 Å². The van der Waals surface area contributed by atoms with Crippen LogP contribution in [0.15, 0.2) is 54.7 Å². The minimum Gasteiger partial charge on any atom is -0.479 e. The van der Waals surface area contributed by atoms with E-state index < -0.39 is 29.3 Å². The summed E-state index contributed by atoms with van der Waals surface area (Å²) in [7, 11) is 0. The molecule has 0 saturated carbocycles. The maximum absolute atomic E-state index is 14.4. The molecule has 0 spiro atoms. The Labute approximate surface area is 203 Å². The van der Waals surface area contributed by atoms with Crippen molar-refractivity contribution in [2.45, 2.75) is 52.9 Å². The first-order valence-corrected chi connectivity index (χ1v) is 11.4. The van der Waals surface area contributed by atoms with Gasteiger partial charge in [0.15, 0.2) is 6.10 Å². The number of carboxylic acids is 1. The van der Waals surface area contributed by atoms with Crippen LogP contribution in [-0.4, -0.2) is 26.2 Å². The lowest BCUT2D eigenvalue weighted by atomic mass is 9.92. The third-order valence-corrected chi connectivity index (χ3v) is 5.79. The molecule has 4 rings (SSSR count). The molecule has 0 fully saturated rings. The van der Waals surface area contributed by atoms with Gasteiger partial charge in [-0.05, 0) is 52.3 Å². The molecule has 0 aliphatic carbocycles. The topological polar surface area (TPSA) is 64.3 Å². The number of aryl methyl sites for hydroxylation is 2. The number of fused-ring (bicyclic) bond motifs is 1. The summed E-state index contributed by atoms with van der Waals surface area (Å²) < 4.78 is 35.5. The minimum atomic E-state index is -1.24. The predicted octanol–water partition coefficient (Wildman–Crippen LogP) is 6.59. The number of hydrogen-bond donors (Lipinski definition) is 1. The van der Waals surface area contributed by atoms with Gasteiger partial charge in [-0.15, -0.1) is 0 Å². The van der Waals surface area contributed by atoms with Gasteiger partial charge < -0.3 is 14.4 Å². The summed E-state index contributed by atoms with van der Waals surface area (Å²) in [6.45, 7) is 9.31. The summed E-state index contributed by atoms with van der Waals surface area (Å²) in [6, 6.07) is 13.2. The smallest absolute Gasteiger partial charge is 0.337 e. The zero-order valence-corrected chi connectivity index (χ0v) is 20.4. The van der Waals surface area contributed by atoms with Crippen molar-refractivity contribution < 1.29 is 23.4 Å². The van der Waals surface area contributed by atoms with E-state index in [1.807, 2.05) is 58.0 Å². The summed E-state index contributed by atoms with van der Waals surface area (Å²) in [4.78, 5) is 17.1. The molecule has 0 amide bonds. The molecule has 0 aliphatic rings. The van der Waals surface area contributed by atoms with Crippen LogP contribution in [0.1, 0.15) is 49.3 Å². The molecule has 35 heavy (non-hydrogen) atoms. The van der Waals surface area contributed by atoms with Gasteiger partial charge in [-0.3, -0.25) is 0 Å². The van der Waals surface area contributed by atoms with Crippen LogP contribution in [0.2, 0.25) is 0 Å². The van der Waals surface area contributed by atoms with Crippen molar-refractivity contribution in [3.8, 4) is 11.1 Å². The van der Waals surface area contributed by atoms with E-state index in [0.29, 0.717) is 28.0 Å². The number of carbonyl (C=O) groups is 1. The molecule has 2 heterocycles. The highest BCUT2D eigenvalue weighted by molar-refractivity contribution is 5.97. The summed E-state index contributed by atoms with van der Waals surface area (Å²) in [5.74, 6) is -2.38. The maximum atomic E-state index is 14.4. The van der Waals surface area contributed by atoms with E-state index in [1.165, 1.54) is 12.1 Å². The quantitative estimate of drug-likeness (QED) is 0.340. The van der Waals surface area contributed by atoms with E-state index in [0.717, 1.165) is 22.6 Å². The first kappa shape index (κ1) is 24.5. The van der Waals surface area contributed by atoms with Crippen LogP contribution in [0.25, 0.3) is 22.2 Å². The zero-order valence-electron chi connectivity index (χ0n) is 20.4. The SMILES string of the molecule is Cc1ccc(-c2c([C@H](OC(C)(C)C)C(=O)O)c(C)nc3c2ccn3Cc2ccc(F)cc2F)cc1. The number of aromatic nitrogens is 2. The van der Waals surface area contributed by atoms with E-state index in [-0.39, 0.29) is 6.54 Å². The molecular weight excluding hydrogens is 450 g/mol. The van der Waals surface area contributed by atoms with Crippen molar-refractivity contribution in [2.24, 2.45) is 0 Å². The van der Waals surface area contributed by atoms with Crippen molar-refractivity contribution in [3.05, 3.63) is 88.7 Å². The second-order valence-electron chi connectivity index (χ2n) is 9.72. The first-order chi connectivity index (χ1) is 16.4. The Hall–Kier alpha value is -3.58. The van der Waals surface area contributed by atoms with Crippen molar-refractivity contribution in [2.75, 3.05) is 0 Å². The van der Waals surface area contributed by atoms with Crippen LogP contribution in [0, 0.1) is 25.5 Å². The monoisotopic (exact) mass is 478 g/mol. The largest absolute Gasteiger partial charge is 0.479 e. The Morgan fingerprint density at radius 2 is 1.77 bits per heavy atom. The molecule has 0 saturated heterocycles. The van der Waals surface area contributed by atoms with Gasteiger partial charge >= 0.3 is 5.97 Å². The fraction of sp³-hybridized carbons (Fsp3) is 0.286. The number of pyridine rings is 1. The van der Waals surface area contributed by atoms with Gasteiger partial charge in [0, 0.05) is 40.0 Å². The second kappa shape index (κ2) is 9.23. The van der Waals surface area contributed by atoms with Gasteiger partial charge in [0.25, 0.3) is 0 Å². The summed E-state index contributed by atoms with van der Waals surface area (Å²) in [5.41, 5.74) is 3.79. The molecule has 2 aromatic heterocycles. The van der Waals surface area contributed by atoms with Gasteiger partial charge in [0.1, 0.15) is 17.3 Å². The Balaban J connectivity index is 1.96. The molecule has 4 aromatic rings. The normalized spacial score (nSPS) is 12.8. The minimum absolute atomic E-state index is 0.148. The molecule has 0 radical (unpaired) electrons. The molecular formula is C28H28F2N2O3. The first-order valence-electron chi connectivity index (χ1n) is 11.4. The summed E-state index contributed by atoms with van der Waals surface area (Å²) >= 11 is 0. The molecule has 0 unspecified atom stereocenters. The van der Waals surface area contributed by atoms with Gasteiger partial charge in [-0.1, -0.05) is 35.9 Å². The highest BCUT2D eigenvalue weighted by Crippen LogP contribution is 2.40. The Morgan fingerprint density at radius 1 is 1.09 bits per heavy atom. The lowest BCUT2D eigenvalue weighted by molar-refractivity contribution is -0.160.